The summed E-state index contributed by atoms with van der Waals surface area (Å²) in [6, 6.07) is 21.7. The van der Waals surface area contributed by atoms with Gasteiger partial charge in [0.25, 0.3) is 5.91 Å². The maximum Gasteiger partial charge on any atom is 0.276 e. The average Bonchev–Trinajstić information content (AvgIpc) is 2.75. The fourth-order valence-electron chi connectivity index (χ4n) is 2.74. The number of hydrogen-bond donors (Lipinski definition) is 2. The number of para-hydroxylation sites is 2. The first-order valence-corrected chi connectivity index (χ1v) is 8.49. The molecule has 0 aliphatic heterocycles. The zero-order valence-corrected chi connectivity index (χ0v) is 14.6. The van der Waals surface area contributed by atoms with Crippen molar-refractivity contribution in [2.75, 3.05) is 10.6 Å². The SMILES string of the molecule is N#Cc1ccccc1NC(=O)c1ccc(Nc2cccc3cccnc23)nn1. The average molecular weight is 366 g/mol. The van der Waals surface area contributed by atoms with Gasteiger partial charge in [-0.2, -0.15) is 5.26 Å². The summed E-state index contributed by atoms with van der Waals surface area (Å²) >= 11 is 0. The lowest BCUT2D eigenvalue weighted by molar-refractivity contribution is 0.102. The number of carbonyl (C=O) groups is 1. The Kier molecular flexibility index (Phi) is 4.59. The Morgan fingerprint density at radius 3 is 2.54 bits per heavy atom. The molecule has 0 radical (unpaired) electrons. The summed E-state index contributed by atoms with van der Waals surface area (Å²) in [6.07, 6.45) is 1.73. The Labute approximate surface area is 160 Å². The van der Waals surface area contributed by atoms with Crippen LogP contribution in [0.1, 0.15) is 16.1 Å². The van der Waals surface area contributed by atoms with Crippen molar-refractivity contribution in [1.82, 2.24) is 15.2 Å². The molecule has 4 rings (SSSR count). The molecule has 2 N–H and O–H groups in total. The van der Waals surface area contributed by atoms with Gasteiger partial charge in [0.15, 0.2) is 11.5 Å². The Morgan fingerprint density at radius 2 is 1.71 bits per heavy atom. The molecule has 2 heterocycles. The Morgan fingerprint density at radius 1 is 0.893 bits per heavy atom. The van der Waals surface area contributed by atoms with Crippen LogP contribution in [0.15, 0.2) is 72.9 Å². The number of amides is 1. The second kappa shape index (κ2) is 7.51. The first kappa shape index (κ1) is 17.1. The number of nitriles is 1. The Bertz CT molecular complexity index is 1190. The first-order chi connectivity index (χ1) is 13.7. The van der Waals surface area contributed by atoms with Gasteiger partial charge in [-0.15, -0.1) is 10.2 Å². The van der Waals surface area contributed by atoms with Gasteiger partial charge < -0.3 is 10.6 Å². The summed E-state index contributed by atoms with van der Waals surface area (Å²) in [5.74, 6) is 0.0562. The van der Waals surface area contributed by atoms with Crippen molar-refractivity contribution < 1.29 is 4.79 Å². The monoisotopic (exact) mass is 366 g/mol. The van der Waals surface area contributed by atoms with Crippen LogP contribution in [0.3, 0.4) is 0 Å². The predicted octanol–water partition coefficient (Wildman–Crippen LogP) is 3.89. The van der Waals surface area contributed by atoms with E-state index in [1.165, 1.54) is 0 Å². The molecule has 0 saturated carbocycles. The molecule has 0 aliphatic rings. The van der Waals surface area contributed by atoms with E-state index < -0.39 is 5.91 Å². The number of hydrogen-bond acceptors (Lipinski definition) is 6. The number of pyridine rings is 1. The van der Waals surface area contributed by atoms with E-state index in [1.807, 2.05) is 36.4 Å². The molecule has 2 aromatic heterocycles. The quantitative estimate of drug-likeness (QED) is 0.568. The Balaban J connectivity index is 1.52. The second-order valence-corrected chi connectivity index (χ2v) is 5.92. The third-order valence-electron chi connectivity index (χ3n) is 4.09. The van der Waals surface area contributed by atoms with Crippen LogP contribution in [0.2, 0.25) is 0 Å². The highest BCUT2D eigenvalue weighted by atomic mass is 16.1. The van der Waals surface area contributed by atoms with Crippen LogP contribution in [0.5, 0.6) is 0 Å². The fourth-order valence-corrected chi connectivity index (χ4v) is 2.74. The molecule has 28 heavy (non-hydrogen) atoms. The summed E-state index contributed by atoms with van der Waals surface area (Å²) < 4.78 is 0. The molecule has 0 spiro atoms. The molecule has 7 heteroatoms. The largest absolute Gasteiger partial charge is 0.337 e. The fraction of sp³-hybridized carbons (Fsp3) is 0. The van der Waals surface area contributed by atoms with E-state index in [1.54, 1.807) is 42.6 Å². The minimum Gasteiger partial charge on any atom is -0.337 e. The zero-order chi connectivity index (χ0) is 19.3. The van der Waals surface area contributed by atoms with Crippen LogP contribution in [-0.4, -0.2) is 21.1 Å². The summed E-state index contributed by atoms with van der Waals surface area (Å²) in [7, 11) is 0. The molecule has 7 nitrogen and oxygen atoms in total. The smallest absolute Gasteiger partial charge is 0.276 e. The minimum atomic E-state index is -0.437. The van der Waals surface area contributed by atoms with Gasteiger partial charge in [0, 0.05) is 11.6 Å². The Hall–Kier alpha value is -4.31. The maximum atomic E-state index is 12.4. The van der Waals surface area contributed by atoms with Crippen LogP contribution in [0.25, 0.3) is 10.9 Å². The number of aromatic nitrogens is 3. The van der Waals surface area contributed by atoms with Crippen molar-refractivity contribution in [3.8, 4) is 6.07 Å². The number of anilines is 3. The molecule has 0 unspecified atom stereocenters. The third kappa shape index (κ3) is 3.48. The van der Waals surface area contributed by atoms with Crippen molar-refractivity contribution in [2.45, 2.75) is 0 Å². The molecule has 0 bridgehead atoms. The summed E-state index contributed by atoms with van der Waals surface area (Å²) in [5, 5.41) is 24.0. The van der Waals surface area contributed by atoms with E-state index in [0.29, 0.717) is 17.1 Å². The van der Waals surface area contributed by atoms with Crippen LogP contribution >= 0.6 is 0 Å². The van der Waals surface area contributed by atoms with Gasteiger partial charge in [-0.3, -0.25) is 9.78 Å². The van der Waals surface area contributed by atoms with Gasteiger partial charge in [-0.1, -0.05) is 30.3 Å². The lowest BCUT2D eigenvalue weighted by Crippen LogP contribution is -2.15. The highest BCUT2D eigenvalue weighted by Crippen LogP contribution is 2.23. The molecule has 2 aromatic carbocycles. The minimum absolute atomic E-state index is 0.148. The summed E-state index contributed by atoms with van der Waals surface area (Å²) in [5.41, 5.74) is 2.58. The highest BCUT2D eigenvalue weighted by Gasteiger charge is 2.11. The molecule has 0 aliphatic carbocycles. The number of nitrogens with zero attached hydrogens (tertiary/aromatic N) is 4. The molecular formula is C21H14N6O. The van der Waals surface area contributed by atoms with E-state index in [4.69, 9.17) is 5.26 Å². The zero-order valence-electron chi connectivity index (χ0n) is 14.6. The van der Waals surface area contributed by atoms with Crippen LogP contribution in [0.4, 0.5) is 17.2 Å². The first-order valence-electron chi connectivity index (χ1n) is 8.49. The van der Waals surface area contributed by atoms with Crippen LogP contribution in [-0.2, 0) is 0 Å². The van der Waals surface area contributed by atoms with E-state index in [9.17, 15) is 4.79 Å². The molecule has 0 atom stereocenters. The number of carbonyl (C=O) groups excluding carboxylic acids is 1. The van der Waals surface area contributed by atoms with Gasteiger partial charge in [0.05, 0.1) is 22.5 Å². The van der Waals surface area contributed by atoms with Crippen LogP contribution < -0.4 is 10.6 Å². The molecule has 1 amide bonds. The number of nitrogens with one attached hydrogen (secondary N) is 2. The van der Waals surface area contributed by atoms with Crippen molar-refractivity contribution >= 4 is 34.0 Å². The molecule has 0 fully saturated rings. The van der Waals surface area contributed by atoms with Gasteiger partial charge in [-0.25, -0.2) is 0 Å². The number of fused-ring (bicyclic) bond motifs is 1. The third-order valence-corrected chi connectivity index (χ3v) is 4.09. The summed E-state index contributed by atoms with van der Waals surface area (Å²) in [4.78, 5) is 16.8. The van der Waals surface area contributed by atoms with Crippen molar-refractivity contribution in [2.24, 2.45) is 0 Å². The molecular weight excluding hydrogens is 352 g/mol. The second-order valence-electron chi connectivity index (χ2n) is 5.92. The van der Waals surface area contributed by atoms with Gasteiger partial charge >= 0.3 is 0 Å². The normalized spacial score (nSPS) is 10.2. The van der Waals surface area contributed by atoms with Crippen molar-refractivity contribution in [3.63, 3.8) is 0 Å². The highest BCUT2D eigenvalue weighted by molar-refractivity contribution is 6.03. The van der Waals surface area contributed by atoms with E-state index >= 15 is 0 Å². The number of benzene rings is 2. The van der Waals surface area contributed by atoms with E-state index in [2.05, 4.69) is 25.8 Å². The topological polar surface area (TPSA) is 104 Å². The van der Waals surface area contributed by atoms with E-state index in [0.717, 1.165) is 16.6 Å². The van der Waals surface area contributed by atoms with Crippen molar-refractivity contribution in [1.29, 1.82) is 5.26 Å². The number of rotatable bonds is 4. The lowest BCUT2D eigenvalue weighted by Gasteiger charge is -2.09. The van der Waals surface area contributed by atoms with Gasteiger partial charge in [0.1, 0.15) is 6.07 Å². The van der Waals surface area contributed by atoms with Crippen LogP contribution in [0, 0.1) is 11.3 Å². The maximum absolute atomic E-state index is 12.4. The molecule has 4 aromatic rings. The van der Waals surface area contributed by atoms with Crippen molar-refractivity contribution in [3.05, 3.63) is 84.2 Å². The van der Waals surface area contributed by atoms with Gasteiger partial charge in [-0.05, 0) is 36.4 Å². The standard InChI is InChI=1S/C21H14N6O/c22-13-15-5-1-2-8-16(15)25-21(28)18-10-11-19(27-26-18)24-17-9-3-6-14-7-4-12-23-20(14)17/h1-12H,(H,24,27)(H,25,28). The van der Waals surface area contributed by atoms with Gasteiger partial charge in [0.2, 0.25) is 0 Å². The predicted molar refractivity (Wildman–Crippen MR) is 106 cm³/mol. The lowest BCUT2D eigenvalue weighted by atomic mass is 10.2. The van der Waals surface area contributed by atoms with E-state index in [-0.39, 0.29) is 5.69 Å². The molecule has 134 valence electrons. The summed E-state index contributed by atoms with van der Waals surface area (Å²) in [6.45, 7) is 0. The molecule has 0 saturated heterocycles.